The van der Waals surface area contributed by atoms with Gasteiger partial charge in [0.2, 0.25) is 0 Å². The van der Waals surface area contributed by atoms with Crippen molar-refractivity contribution in [3.05, 3.63) is 35.9 Å². The van der Waals surface area contributed by atoms with Gasteiger partial charge >= 0.3 is 5.97 Å². The lowest BCUT2D eigenvalue weighted by Gasteiger charge is -2.32. The topological polar surface area (TPSA) is 74.7 Å². The molecule has 2 rings (SSSR count). The quantitative estimate of drug-likeness (QED) is 0.859. The summed E-state index contributed by atoms with van der Waals surface area (Å²) < 4.78 is 23.3. The van der Waals surface area contributed by atoms with Crippen molar-refractivity contribution in [3.63, 3.8) is 0 Å². The van der Waals surface area contributed by atoms with E-state index in [4.69, 9.17) is 5.11 Å². The molecule has 1 aromatic rings. The van der Waals surface area contributed by atoms with Gasteiger partial charge in [0.15, 0.2) is 9.84 Å². The van der Waals surface area contributed by atoms with Crippen LogP contribution in [0, 0.1) is 0 Å². The molecule has 5 nitrogen and oxygen atoms in total. The van der Waals surface area contributed by atoms with Crippen molar-refractivity contribution >= 4 is 15.8 Å². The van der Waals surface area contributed by atoms with Crippen LogP contribution in [-0.2, 0) is 14.6 Å². The second kappa shape index (κ2) is 7.04. The zero-order valence-electron chi connectivity index (χ0n) is 11.9. The first-order valence-electron chi connectivity index (χ1n) is 7.16. The number of benzene rings is 1. The maximum atomic E-state index is 11.6. The molecule has 0 amide bonds. The molecule has 0 aromatic heterocycles. The fraction of sp³-hybridized carbons (Fsp3) is 0.533. The van der Waals surface area contributed by atoms with E-state index in [1.807, 2.05) is 18.2 Å². The Labute approximate surface area is 125 Å². The Balaban J connectivity index is 1.89. The van der Waals surface area contributed by atoms with E-state index in [0.29, 0.717) is 12.5 Å². The number of piperidine rings is 1. The number of nitrogens with zero attached hydrogens (tertiary/aromatic N) is 1. The SMILES string of the molecule is O=C(O)CS(=O)(=O)CCN1CCCC(c2ccccc2)C1. The summed E-state index contributed by atoms with van der Waals surface area (Å²) in [6, 6.07) is 10.2. The van der Waals surface area contributed by atoms with Crippen molar-refractivity contribution in [1.82, 2.24) is 4.90 Å². The zero-order valence-corrected chi connectivity index (χ0v) is 12.8. The first-order valence-corrected chi connectivity index (χ1v) is 8.98. The predicted octanol–water partition coefficient (Wildman–Crippen LogP) is 1.37. The molecular formula is C15H21NO4S. The lowest BCUT2D eigenvalue weighted by atomic mass is 9.91. The summed E-state index contributed by atoms with van der Waals surface area (Å²) >= 11 is 0. The molecular weight excluding hydrogens is 290 g/mol. The predicted molar refractivity (Wildman–Crippen MR) is 81.1 cm³/mol. The minimum atomic E-state index is -3.50. The molecule has 1 aromatic carbocycles. The van der Waals surface area contributed by atoms with Crippen LogP contribution in [-0.4, -0.2) is 55.5 Å². The van der Waals surface area contributed by atoms with Gasteiger partial charge in [-0.3, -0.25) is 4.79 Å². The van der Waals surface area contributed by atoms with Crippen LogP contribution in [0.1, 0.15) is 24.3 Å². The average molecular weight is 311 g/mol. The van der Waals surface area contributed by atoms with Gasteiger partial charge in [-0.2, -0.15) is 0 Å². The van der Waals surface area contributed by atoms with E-state index in [0.717, 1.165) is 25.9 Å². The van der Waals surface area contributed by atoms with Crippen LogP contribution in [0.25, 0.3) is 0 Å². The van der Waals surface area contributed by atoms with Gasteiger partial charge in [-0.05, 0) is 30.9 Å². The maximum Gasteiger partial charge on any atom is 0.318 e. The standard InChI is InChI=1S/C15H21NO4S/c17-15(18)12-21(19,20)10-9-16-8-4-7-14(11-16)13-5-2-1-3-6-13/h1-3,5-6,14H,4,7-12H2,(H,17,18). The molecule has 0 aliphatic carbocycles. The number of hydrogen-bond donors (Lipinski definition) is 1. The monoisotopic (exact) mass is 311 g/mol. The van der Waals surface area contributed by atoms with Gasteiger partial charge in [0, 0.05) is 13.1 Å². The van der Waals surface area contributed by atoms with Crippen LogP contribution in [0.2, 0.25) is 0 Å². The van der Waals surface area contributed by atoms with Crippen molar-refractivity contribution < 1.29 is 18.3 Å². The molecule has 0 spiro atoms. The summed E-state index contributed by atoms with van der Waals surface area (Å²) in [5.74, 6) is -1.71. The third-order valence-corrected chi connectivity index (χ3v) is 5.33. The van der Waals surface area contributed by atoms with Crippen LogP contribution in [0.4, 0.5) is 0 Å². The smallest absolute Gasteiger partial charge is 0.318 e. The Morgan fingerprint density at radius 1 is 1.29 bits per heavy atom. The lowest BCUT2D eigenvalue weighted by molar-refractivity contribution is -0.134. The number of rotatable bonds is 6. The molecule has 1 unspecified atom stereocenters. The van der Waals surface area contributed by atoms with E-state index >= 15 is 0 Å². The summed E-state index contributed by atoms with van der Waals surface area (Å²) in [6.07, 6.45) is 2.15. The van der Waals surface area contributed by atoms with Gasteiger partial charge in [-0.1, -0.05) is 30.3 Å². The van der Waals surface area contributed by atoms with Crippen molar-refractivity contribution in [3.8, 4) is 0 Å². The Hall–Kier alpha value is -1.40. The van der Waals surface area contributed by atoms with Gasteiger partial charge in [-0.25, -0.2) is 8.42 Å². The fourth-order valence-corrected chi connectivity index (χ4v) is 3.84. The molecule has 0 radical (unpaired) electrons. The first kappa shape index (κ1) is 16.0. The number of carboxylic acids is 1. The van der Waals surface area contributed by atoms with E-state index in [2.05, 4.69) is 17.0 Å². The first-order chi connectivity index (χ1) is 9.96. The number of carbonyl (C=O) groups is 1. The fourth-order valence-electron chi connectivity index (χ4n) is 2.78. The highest BCUT2D eigenvalue weighted by Crippen LogP contribution is 2.26. The number of aliphatic carboxylic acids is 1. The number of sulfone groups is 1. The van der Waals surface area contributed by atoms with E-state index in [9.17, 15) is 13.2 Å². The van der Waals surface area contributed by atoms with Crippen LogP contribution >= 0.6 is 0 Å². The van der Waals surface area contributed by atoms with Crippen molar-refractivity contribution in [1.29, 1.82) is 0 Å². The van der Waals surface area contributed by atoms with Gasteiger partial charge in [-0.15, -0.1) is 0 Å². The largest absolute Gasteiger partial charge is 0.480 e. The van der Waals surface area contributed by atoms with Gasteiger partial charge < -0.3 is 10.0 Å². The molecule has 1 atom stereocenters. The summed E-state index contributed by atoms with van der Waals surface area (Å²) in [5.41, 5.74) is 1.29. The number of carboxylic acid groups (broad SMARTS) is 1. The minimum absolute atomic E-state index is 0.0825. The second-order valence-corrected chi connectivity index (χ2v) is 7.72. The van der Waals surface area contributed by atoms with Crippen molar-refractivity contribution in [2.24, 2.45) is 0 Å². The van der Waals surface area contributed by atoms with Gasteiger partial charge in [0.1, 0.15) is 5.75 Å². The van der Waals surface area contributed by atoms with Crippen LogP contribution in [0.5, 0.6) is 0 Å². The van der Waals surface area contributed by atoms with Crippen LogP contribution in [0.15, 0.2) is 30.3 Å². The Bertz CT molecular complexity index is 571. The summed E-state index contributed by atoms with van der Waals surface area (Å²) in [5, 5.41) is 8.58. The summed E-state index contributed by atoms with van der Waals surface area (Å²) in [6.45, 7) is 2.14. The highest BCUT2D eigenvalue weighted by molar-refractivity contribution is 7.92. The van der Waals surface area contributed by atoms with E-state index < -0.39 is 21.6 Å². The molecule has 0 bridgehead atoms. The van der Waals surface area contributed by atoms with E-state index in [1.165, 1.54) is 5.56 Å². The highest BCUT2D eigenvalue weighted by Gasteiger charge is 2.23. The third-order valence-electron chi connectivity index (χ3n) is 3.84. The molecule has 1 saturated heterocycles. The molecule has 116 valence electrons. The molecule has 1 heterocycles. The Morgan fingerprint density at radius 2 is 2.00 bits per heavy atom. The van der Waals surface area contributed by atoms with Crippen LogP contribution in [0.3, 0.4) is 0 Å². The van der Waals surface area contributed by atoms with E-state index in [-0.39, 0.29) is 5.75 Å². The Kier molecular flexibility index (Phi) is 5.36. The lowest BCUT2D eigenvalue weighted by Crippen LogP contribution is -2.38. The zero-order chi connectivity index (χ0) is 15.3. The van der Waals surface area contributed by atoms with Crippen LogP contribution < -0.4 is 0 Å². The number of hydrogen-bond acceptors (Lipinski definition) is 4. The molecule has 1 aliphatic rings. The van der Waals surface area contributed by atoms with Gasteiger partial charge in [0.25, 0.3) is 0 Å². The molecule has 1 aliphatic heterocycles. The summed E-state index contributed by atoms with van der Waals surface area (Å²) in [4.78, 5) is 12.6. The Morgan fingerprint density at radius 3 is 2.67 bits per heavy atom. The highest BCUT2D eigenvalue weighted by atomic mass is 32.2. The maximum absolute atomic E-state index is 11.6. The minimum Gasteiger partial charge on any atom is -0.480 e. The molecule has 1 fully saturated rings. The molecule has 1 N–H and O–H groups in total. The molecule has 0 saturated carbocycles. The molecule has 6 heteroatoms. The molecule has 21 heavy (non-hydrogen) atoms. The van der Waals surface area contributed by atoms with E-state index in [1.54, 1.807) is 0 Å². The second-order valence-electron chi connectivity index (χ2n) is 5.54. The van der Waals surface area contributed by atoms with Gasteiger partial charge in [0.05, 0.1) is 5.75 Å². The van der Waals surface area contributed by atoms with Crippen molar-refractivity contribution in [2.75, 3.05) is 31.1 Å². The summed E-state index contributed by atoms with van der Waals surface area (Å²) in [7, 11) is -3.50. The average Bonchev–Trinajstić information content (AvgIpc) is 2.45. The third kappa shape index (κ3) is 5.13. The van der Waals surface area contributed by atoms with Crippen molar-refractivity contribution in [2.45, 2.75) is 18.8 Å². The number of likely N-dealkylation sites (tertiary alicyclic amines) is 1. The normalized spacial score (nSPS) is 20.3.